The number of aromatic nitrogens is 3. The van der Waals surface area contributed by atoms with E-state index in [1.807, 2.05) is 0 Å². The van der Waals surface area contributed by atoms with Crippen molar-refractivity contribution in [3.8, 4) is 0 Å². The Morgan fingerprint density at radius 2 is 2.23 bits per heavy atom. The summed E-state index contributed by atoms with van der Waals surface area (Å²) in [4.78, 5) is 8.89. The van der Waals surface area contributed by atoms with Crippen LogP contribution < -0.4 is 5.32 Å². The van der Waals surface area contributed by atoms with Gasteiger partial charge in [-0.15, -0.1) is 0 Å². The number of aryl methyl sites for hydroxylation is 2. The number of rotatable bonds is 4. The van der Waals surface area contributed by atoms with Crippen molar-refractivity contribution in [1.29, 1.82) is 0 Å². The molecule has 22 heavy (non-hydrogen) atoms. The van der Waals surface area contributed by atoms with Crippen LogP contribution >= 0.6 is 0 Å². The van der Waals surface area contributed by atoms with Crippen molar-refractivity contribution in [2.45, 2.75) is 32.2 Å². The molecule has 1 aromatic carbocycles. The van der Waals surface area contributed by atoms with Gasteiger partial charge in [-0.25, -0.2) is 9.37 Å². The van der Waals surface area contributed by atoms with Gasteiger partial charge in [-0.3, -0.25) is 0 Å². The van der Waals surface area contributed by atoms with E-state index in [9.17, 15) is 4.39 Å². The summed E-state index contributed by atoms with van der Waals surface area (Å²) in [6.07, 6.45) is 6.49. The van der Waals surface area contributed by atoms with Crippen molar-refractivity contribution in [3.05, 3.63) is 41.7 Å². The minimum absolute atomic E-state index is 0.309. The van der Waals surface area contributed by atoms with E-state index in [0.29, 0.717) is 23.7 Å². The molecule has 114 valence electrons. The van der Waals surface area contributed by atoms with Crippen LogP contribution in [0.5, 0.6) is 0 Å². The Morgan fingerprint density at radius 3 is 3.14 bits per heavy atom. The highest BCUT2D eigenvalue weighted by atomic mass is 19.1. The van der Waals surface area contributed by atoms with Gasteiger partial charge in [-0.2, -0.15) is 4.98 Å². The quantitative estimate of drug-likeness (QED) is 0.804. The molecule has 0 aliphatic carbocycles. The maximum atomic E-state index is 13.1. The van der Waals surface area contributed by atoms with Gasteiger partial charge in [0.15, 0.2) is 5.58 Å². The molecule has 0 saturated heterocycles. The van der Waals surface area contributed by atoms with E-state index in [1.54, 1.807) is 6.07 Å². The van der Waals surface area contributed by atoms with Gasteiger partial charge in [0.2, 0.25) is 0 Å². The van der Waals surface area contributed by atoms with E-state index >= 15 is 0 Å². The normalized spacial score (nSPS) is 14.2. The van der Waals surface area contributed by atoms with Gasteiger partial charge in [0.25, 0.3) is 6.01 Å². The summed E-state index contributed by atoms with van der Waals surface area (Å²) in [5, 5.41) is 3.13. The minimum atomic E-state index is -0.309. The van der Waals surface area contributed by atoms with Crippen molar-refractivity contribution in [3.63, 3.8) is 0 Å². The molecule has 5 nitrogen and oxygen atoms in total. The van der Waals surface area contributed by atoms with E-state index < -0.39 is 0 Å². The predicted octanol–water partition coefficient (Wildman–Crippen LogP) is 3.15. The number of hydrogen-bond donors (Lipinski definition) is 1. The fourth-order valence-corrected chi connectivity index (χ4v) is 2.87. The first-order valence-corrected chi connectivity index (χ1v) is 7.63. The van der Waals surface area contributed by atoms with Gasteiger partial charge in [0.1, 0.15) is 17.2 Å². The molecular weight excluding hydrogens is 283 g/mol. The first-order chi connectivity index (χ1) is 10.8. The Morgan fingerprint density at radius 1 is 1.27 bits per heavy atom. The van der Waals surface area contributed by atoms with Gasteiger partial charge < -0.3 is 14.3 Å². The molecule has 6 heteroatoms. The zero-order valence-corrected chi connectivity index (χ0v) is 12.2. The second kappa shape index (κ2) is 5.44. The van der Waals surface area contributed by atoms with Crippen molar-refractivity contribution in [2.24, 2.45) is 0 Å². The lowest BCUT2D eigenvalue weighted by molar-refractivity contribution is 0.522. The predicted molar refractivity (Wildman–Crippen MR) is 81.3 cm³/mol. The number of fused-ring (bicyclic) bond motifs is 2. The molecule has 0 saturated carbocycles. The zero-order valence-electron chi connectivity index (χ0n) is 12.2. The summed E-state index contributed by atoms with van der Waals surface area (Å²) >= 11 is 0. The van der Waals surface area contributed by atoms with E-state index in [4.69, 9.17) is 4.42 Å². The highest BCUT2D eigenvalue weighted by molar-refractivity contribution is 5.74. The molecule has 0 fully saturated rings. The molecule has 1 aliphatic rings. The van der Waals surface area contributed by atoms with Gasteiger partial charge in [-0.05, 0) is 25.0 Å². The molecule has 1 N–H and O–H groups in total. The summed E-state index contributed by atoms with van der Waals surface area (Å²) in [6.45, 7) is 1.76. The largest absolute Gasteiger partial charge is 0.424 e. The molecule has 0 amide bonds. The highest BCUT2D eigenvalue weighted by Crippen LogP contribution is 2.20. The van der Waals surface area contributed by atoms with Crippen LogP contribution in [0.3, 0.4) is 0 Å². The molecule has 0 spiro atoms. The number of oxazole rings is 1. The topological polar surface area (TPSA) is 55.9 Å². The third kappa shape index (κ3) is 2.56. The zero-order chi connectivity index (χ0) is 14.9. The van der Waals surface area contributed by atoms with Crippen LogP contribution in [0.4, 0.5) is 10.4 Å². The van der Waals surface area contributed by atoms with Gasteiger partial charge in [0, 0.05) is 38.2 Å². The fraction of sp³-hybridized carbons (Fsp3) is 0.375. The summed E-state index contributed by atoms with van der Waals surface area (Å²) in [7, 11) is 0. The fourth-order valence-electron chi connectivity index (χ4n) is 2.87. The van der Waals surface area contributed by atoms with Crippen LogP contribution in [0.15, 0.2) is 28.8 Å². The van der Waals surface area contributed by atoms with Crippen LogP contribution in [0.25, 0.3) is 11.1 Å². The summed E-state index contributed by atoms with van der Waals surface area (Å²) in [5.74, 6) is 0.884. The SMILES string of the molecule is Fc1ccc2oc(NCCc3cn4c(n3)CCCC4)nc2c1. The number of benzene rings is 1. The minimum Gasteiger partial charge on any atom is -0.424 e. The molecule has 2 aromatic heterocycles. The Balaban J connectivity index is 1.40. The molecule has 0 radical (unpaired) electrons. The maximum absolute atomic E-state index is 13.1. The van der Waals surface area contributed by atoms with Crippen LogP contribution in [0, 0.1) is 5.82 Å². The first-order valence-electron chi connectivity index (χ1n) is 7.63. The second-order valence-electron chi connectivity index (χ2n) is 5.61. The first kappa shape index (κ1) is 13.3. The second-order valence-corrected chi connectivity index (χ2v) is 5.61. The van der Waals surface area contributed by atoms with Crippen LogP contribution in [-0.2, 0) is 19.4 Å². The Bertz CT molecular complexity index is 784. The van der Waals surface area contributed by atoms with Crippen molar-refractivity contribution in [2.75, 3.05) is 11.9 Å². The monoisotopic (exact) mass is 300 g/mol. The van der Waals surface area contributed by atoms with E-state index in [-0.39, 0.29) is 5.82 Å². The number of nitrogens with zero attached hydrogens (tertiary/aromatic N) is 3. The van der Waals surface area contributed by atoms with Crippen molar-refractivity contribution < 1.29 is 8.81 Å². The van der Waals surface area contributed by atoms with Gasteiger partial charge >= 0.3 is 0 Å². The smallest absolute Gasteiger partial charge is 0.295 e. The summed E-state index contributed by atoms with van der Waals surface area (Å²) in [6, 6.07) is 4.75. The molecule has 4 rings (SSSR count). The molecule has 1 aliphatic heterocycles. The van der Waals surface area contributed by atoms with Crippen LogP contribution in [0.2, 0.25) is 0 Å². The molecular formula is C16H17FN4O. The number of hydrogen-bond acceptors (Lipinski definition) is 4. The molecule has 0 bridgehead atoms. The van der Waals surface area contributed by atoms with Gasteiger partial charge in [0.05, 0.1) is 5.69 Å². The summed E-state index contributed by atoms with van der Waals surface area (Å²) < 4.78 is 20.9. The van der Waals surface area contributed by atoms with Crippen LogP contribution in [0.1, 0.15) is 24.4 Å². The molecule has 3 heterocycles. The third-order valence-corrected chi connectivity index (χ3v) is 3.97. The maximum Gasteiger partial charge on any atom is 0.295 e. The number of anilines is 1. The molecule has 0 atom stereocenters. The average Bonchev–Trinajstić information content (AvgIpc) is 3.09. The molecule has 0 unspecified atom stereocenters. The lowest BCUT2D eigenvalue weighted by Crippen LogP contribution is -2.08. The number of imidazole rings is 1. The Labute approximate surface area is 127 Å². The van der Waals surface area contributed by atoms with Gasteiger partial charge in [-0.1, -0.05) is 0 Å². The number of halogens is 1. The summed E-state index contributed by atoms with van der Waals surface area (Å²) in [5.41, 5.74) is 2.20. The lowest BCUT2D eigenvalue weighted by Gasteiger charge is -2.11. The third-order valence-electron chi connectivity index (χ3n) is 3.97. The number of nitrogens with one attached hydrogen (secondary N) is 1. The lowest BCUT2D eigenvalue weighted by atomic mass is 10.2. The standard InChI is InChI=1S/C16H17FN4O/c17-11-4-5-14-13(9-11)20-16(22-14)18-7-6-12-10-21-8-2-1-3-15(21)19-12/h4-5,9-10H,1-3,6-8H2,(H,18,20). The highest BCUT2D eigenvalue weighted by Gasteiger charge is 2.12. The van der Waals surface area contributed by atoms with Crippen molar-refractivity contribution in [1.82, 2.24) is 14.5 Å². The van der Waals surface area contributed by atoms with Crippen LogP contribution in [-0.4, -0.2) is 21.1 Å². The Kier molecular flexibility index (Phi) is 3.29. The van der Waals surface area contributed by atoms with Crippen molar-refractivity contribution >= 4 is 17.1 Å². The molecule has 3 aromatic rings. The van der Waals surface area contributed by atoms with E-state index in [1.165, 1.54) is 30.8 Å². The Hall–Kier alpha value is -2.37. The average molecular weight is 300 g/mol. The van der Waals surface area contributed by atoms with E-state index in [2.05, 4.69) is 26.0 Å². The van der Waals surface area contributed by atoms with E-state index in [0.717, 1.165) is 25.1 Å².